The van der Waals surface area contributed by atoms with Gasteiger partial charge in [-0.05, 0) is 54.9 Å². The van der Waals surface area contributed by atoms with E-state index in [4.69, 9.17) is 4.74 Å². The molecule has 3 heteroatoms. The van der Waals surface area contributed by atoms with Crippen LogP contribution in [-0.4, -0.2) is 6.10 Å². The van der Waals surface area contributed by atoms with Crippen molar-refractivity contribution >= 4 is 0 Å². The average molecular weight is 358 g/mol. The van der Waals surface area contributed by atoms with Gasteiger partial charge in [0.15, 0.2) is 11.6 Å². The molecule has 2 aromatic rings. The number of benzene rings is 2. The second kappa shape index (κ2) is 8.66. The van der Waals surface area contributed by atoms with E-state index in [2.05, 4.69) is 13.8 Å². The van der Waals surface area contributed by atoms with Crippen LogP contribution in [0.15, 0.2) is 30.3 Å². The van der Waals surface area contributed by atoms with Gasteiger partial charge in [-0.15, -0.1) is 0 Å². The quantitative estimate of drug-likeness (QED) is 0.491. The fourth-order valence-corrected chi connectivity index (χ4v) is 3.68. The van der Waals surface area contributed by atoms with Crippen molar-refractivity contribution in [1.82, 2.24) is 0 Å². The van der Waals surface area contributed by atoms with Crippen molar-refractivity contribution in [2.45, 2.75) is 71.3 Å². The summed E-state index contributed by atoms with van der Waals surface area (Å²) in [6.45, 7) is 4.26. The molecule has 0 saturated carbocycles. The molecule has 1 unspecified atom stereocenters. The topological polar surface area (TPSA) is 9.23 Å². The van der Waals surface area contributed by atoms with Gasteiger partial charge in [-0.3, -0.25) is 0 Å². The molecule has 26 heavy (non-hydrogen) atoms. The smallest absolute Gasteiger partial charge is 0.201 e. The Kier molecular flexibility index (Phi) is 6.29. The lowest BCUT2D eigenvalue weighted by Crippen LogP contribution is -2.23. The molecule has 1 atom stereocenters. The van der Waals surface area contributed by atoms with Crippen LogP contribution in [0, 0.1) is 11.6 Å². The van der Waals surface area contributed by atoms with E-state index in [0.29, 0.717) is 5.56 Å². The van der Waals surface area contributed by atoms with Crippen molar-refractivity contribution in [1.29, 1.82) is 0 Å². The average Bonchev–Trinajstić information content (AvgIpc) is 2.66. The monoisotopic (exact) mass is 358 g/mol. The minimum Gasteiger partial charge on any atom is -0.487 e. The first-order valence-electron chi connectivity index (χ1n) is 9.90. The van der Waals surface area contributed by atoms with Crippen molar-refractivity contribution in [2.75, 3.05) is 0 Å². The Morgan fingerprint density at radius 1 is 1.00 bits per heavy atom. The van der Waals surface area contributed by atoms with Crippen LogP contribution < -0.4 is 4.74 Å². The van der Waals surface area contributed by atoms with Gasteiger partial charge in [0.05, 0.1) is 6.10 Å². The lowest BCUT2D eigenvalue weighted by Gasteiger charge is -2.27. The Morgan fingerprint density at radius 2 is 1.77 bits per heavy atom. The molecular formula is C23H28F2O. The van der Waals surface area contributed by atoms with Crippen LogP contribution in [0.5, 0.6) is 5.75 Å². The lowest BCUT2D eigenvalue weighted by atomic mass is 9.94. The Morgan fingerprint density at radius 3 is 2.46 bits per heavy atom. The van der Waals surface area contributed by atoms with Crippen LogP contribution in [0.1, 0.15) is 63.5 Å². The molecule has 0 fully saturated rings. The first-order chi connectivity index (χ1) is 12.6. The van der Waals surface area contributed by atoms with Gasteiger partial charge in [-0.1, -0.05) is 57.4 Å². The summed E-state index contributed by atoms with van der Waals surface area (Å²) in [5, 5.41) is 0. The number of halogens is 2. The summed E-state index contributed by atoms with van der Waals surface area (Å²) in [7, 11) is 0. The largest absolute Gasteiger partial charge is 0.487 e. The van der Waals surface area contributed by atoms with Gasteiger partial charge in [0.1, 0.15) is 0 Å². The van der Waals surface area contributed by atoms with E-state index in [1.54, 1.807) is 6.07 Å². The minimum absolute atomic E-state index is 0.00495. The highest BCUT2D eigenvalue weighted by Crippen LogP contribution is 2.38. The molecule has 0 radical (unpaired) electrons. The predicted molar refractivity (Wildman–Crippen MR) is 103 cm³/mol. The molecular weight excluding hydrogens is 330 g/mol. The zero-order valence-electron chi connectivity index (χ0n) is 15.8. The molecule has 1 heterocycles. The van der Waals surface area contributed by atoms with Gasteiger partial charge < -0.3 is 4.74 Å². The molecule has 1 aliphatic heterocycles. The maximum Gasteiger partial charge on any atom is 0.201 e. The third kappa shape index (κ3) is 4.08. The molecule has 1 aliphatic rings. The van der Waals surface area contributed by atoms with E-state index in [-0.39, 0.29) is 11.9 Å². The van der Waals surface area contributed by atoms with Crippen LogP contribution in [-0.2, 0) is 12.8 Å². The van der Waals surface area contributed by atoms with Gasteiger partial charge >= 0.3 is 0 Å². The highest BCUT2D eigenvalue weighted by molar-refractivity contribution is 5.67. The standard InChI is InChI=1S/C23H28F2O/c1-3-5-6-8-16-9-11-17(12-10-16)20-15-18-13-14-19(7-4-2)26-23(18)22(25)21(20)24/h9-12,15,19H,3-8,13-14H2,1-2H3. The minimum atomic E-state index is -0.842. The van der Waals surface area contributed by atoms with Gasteiger partial charge in [0, 0.05) is 5.56 Å². The predicted octanol–water partition coefficient (Wildman–Crippen LogP) is 6.86. The van der Waals surface area contributed by atoms with Gasteiger partial charge in [0.2, 0.25) is 5.82 Å². The summed E-state index contributed by atoms with van der Waals surface area (Å²) in [5.41, 5.74) is 3.07. The number of unbranched alkanes of at least 4 members (excludes halogenated alkanes) is 2. The van der Waals surface area contributed by atoms with Gasteiger partial charge in [-0.25, -0.2) is 4.39 Å². The van der Waals surface area contributed by atoms with Gasteiger partial charge in [-0.2, -0.15) is 4.39 Å². The molecule has 3 rings (SSSR count). The molecule has 0 bridgehead atoms. The number of hydrogen-bond acceptors (Lipinski definition) is 1. The van der Waals surface area contributed by atoms with Crippen molar-refractivity contribution < 1.29 is 13.5 Å². The molecule has 0 saturated heterocycles. The summed E-state index contributed by atoms with van der Waals surface area (Å²) in [6, 6.07) is 9.61. The maximum atomic E-state index is 14.7. The van der Waals surface area contributed by atoms with E-state index >= 15 is 0 Å². The SMILES string of the molecule is CCCCCc1ccc(-c2cc3c(c(F)c2F)OC(CCC)CC3)cc1. The fraction of sp³-hybridized carbons (Fsp3) is 0.478. The second-order valence-corrected chi connectivity index (χ2v) is 7.26. The van der Waals surface area contributed by atoms with E-state index in [0.717, 1.165) is 49.7 Å². The molecule has 140 valence electrons. The molecule has 0 N–H and O–H groups in total. The molecule has 0 amide bonds. The van der Waals surface area contributed by atoms with E-state index in [1.807, 2.05) is 24.3 Å². The first-order valence-corrected chi connectivity index (χ1v) is 9.90. The molecule has 2 aromatic carbocycles. The third-order valence-electron chi connectivity index (χ3n) is 5.20. The zero-order valence-corrected chi connectivity index (χ0v) is 15.8. The number of fused-ring (bicyclic) bond motifs is 1. The van der Waals surface area contributed by atoms with E-state index in [1.165, 1.54) is 18.4 Å². The highest BCUT2D eigenvalue weighted by atomic mass is 19.2. The Bertz CT molecular complexity index is 737. The van der Waals surface area contributed by atoms with E-state index in [9.17, 15) is 8.78 Å². The van der Waals surface area contributed by atoms with Crippen molar-refractivity contribution in [3.8, 4) is 16.9 Å². The van der Waals surface area contributed by atoms with Crippen LogP contribution in [0.25, 0.3) is 11.1 Å². The van der Waals surface area contributed by atoms with Crippen LogP contribution in [0.3, 0.4) is 0 Å². The first kappa shape index (κ1) is 18.9. The third-order valence-corrected chi connectivity index (χ3v) is 5.20. The normalized spacial score (nSPS) is 16.2. The maximum absolute atomic E-state index is 14.7. The summed E-state index contributed by atoms with van der Waals surface area (Å²) in [6.07, 6.45) is 8.05. The van der Waals surface area contributed by atoms with Crippen molar-refractivity contribution in [3.63, 3.8) is 0 Å². The Balaban J connectivity index is 1.84. The number of aryl methyl sites for hydroxylation is 2. The Labute approximate surface area is 155 Å². The number of rotatable bonds is 7. The van der Waals surface area contributed by atoms with Crippen molar-refractivity contribution in [3.05, 3.63) is 53.1 Å². The van der Waals surface area contributed by atoms with Crippen molar-refractivity contribution in [2.24, 2.45) is 0 Å². The summed E-state index contributed by atoms with van der Waals surface area (Å²) in [4.78, 5) is 0. The summed E-state index contributed by atoms with van der Waals surface area (Å²) >= 11 is 0. The zero-order chi connectivity index (χ0) is 18.5. The molecule has 0 spiro atoms. The second-order valence-electron chi connectivity index (χ2n) is 7.26. The molecule has 0 aliphatic carbocycles. The Hall–Kier alpha value is -1.90. The highest BCUT2D eigenvalue weighted by Gasteiger charge is 2.26. The number of hydrogen-bond donors (Lipinski definition) is 0. The van der Waals surface area contributed by atoms with Crippen LogP contribution >= 0.6 is 0 Å². The number of ether oxygens (including phenoxy) is 1. The van der Waals surface area contributed by atoms with Gasteiger partial charge in [0.25, 0.3) is 0 Å². The molecule has 0 aromatic heterocycles. The summed E-state index contributed by atoms with van der Waals surface area (Å²) in [5.74, 6) is -1.53. The summed E-state index contributed by atoms with van der Waals surface area (Å²) < 4.78 is 35.0. The van der Waals surface area contributed by atoms with E-state index < -0.39 is 11.6 Å². The lowest BCUT2D eigenvalue weighted by molar-refractivity contribution is 0.153. The molecule has 1 nitrogen and oxygen atoms in total. The fourth-order valence-electron chi connectivity index (χ4n) is 3.68. The van der Waals surface area contributed by atoms with Crippen LogP contribution in [0.4, 0.5) is 8.78 Å². The van der Waals surface area contributed by atoms with Crippen LogP contribution in [0.2, 0.25) is 0 Å².